The summed E-state index contributed by atoms with van der Waals surface area (Å²) in [5, 5.41) is 9.53. The Kier molecular flexibility index (Phi) is 3.94. The summed E-state index contributed by atoms with van der Waals surface area (Å²) < 4.78 is 7.44. The number of aryl methyl sites for hydroxylation is 1. The molecule has 0 fully saturated rings. The Bertz CT molecular complexity index is 302. The number of aromatic nitrogens is 1. The smallest absolute Gasteiger partial charge is 0.0911 e. The maximum Gasteiger partial charge on any atom is 0.0911 e. The predicted molar refractivity (Wildman–Crippen MR) is 60.8 cm³/mol. The van der Waals surface area contributed by atoms with Crippen molar-refractivity contribution in [2.75, 3.05) is 7.11 Å². The number of methoxy groups -OCH3 is 1. The van der Waals surface area contributed by atoms with Crippen molar-refractivity contribution in [3.05, 3.63) is 24.0 Å². The van der Waals surface area contributed by atoms with Crippen molar-refractivity contribution in [1.29, 1.82) is 0 Å². The van der Waals surface area contributed by atoms with Gasteiger partial charge in [0.15, 0.2) is 0 Å². The molecule has 3 heteroatoms. The van der Waals surface area contributed by atoms with Crippen LogP contribution >= 0.6 is 0 Å². The molecule has 0 radical (unpaired) electrons. The van der Waals surface area contributed by atoms with E-state index < -0.39 is 6.10 Å². The summed E-state index contributed by atoms with van der Waals surface area (Å²) >= 11 is 0. The van der Waals surface area contributed by atoms with Crippen LogP contribution in [0.5, 0.6) is 0 Å². The Hall–Kier alpha value is -0.800. The lowest BCUT2D eigenvalue weighted by atomic mass is 10.1. The lowest BCUT2D eigenvalue weighted by Crippen LogP contribution is -2.24. The number of ether oxygens (including phenoxy) is 1. The van der Waals surface area contributed by atoms with Crippen molar-refractivity contribution in [2.24, 2.45) is 0 Å². The molecule has 0 saturated heterocycles. The van der Waals surface area contributed by atoms with Crippen LogP contribution in [0.25, 0.3) is 0 Å². The minimum absolute atomic E-state index is 0.111. The van der Waals surface area contributed by atoms with E-state index in [9.17, 15) is 5.11 Å². The van der Waals surface area contributed by atoms with Gasteiger partial charge in [0.05, 0.1) is 11.7 Å². The van der Waals surface area contributed by atoms with E-state index in [1.807, 2.05) is 18.3 Å². The second-order valence-corrected chi connectivity index (χ2v) is 4.52. The van der Waals surface area contributed by atoms with Crippen LogP contribution in [0.2, 0.25) is 0 Å². The van der Waals surface area contributed by atoms with Gasteiger partial charge in [-0.25, -0.2) is 0 Å². The summed E-state index contributed by atoms with van der Waals surface area (Å²) in [5.41, 5.74) is 0.849. The Morgan fingerprint density at radius 3 is 2.73 bits per heavy atom. The largest absolute Gasteiger partial charge is 0.387 e. The Morgan fingerprint density at radius 1 is 1.53 bits per heavy atom. The number of rotatable bonds is 5. The summed E-state index contributed by atoms with van der Waals surface area (Å²) in [7, 11) is 1.73. The monoisotopic (exact) mass is 211 g/mol. The van der Waals surface area contributed by atoms with E-state index >= 15 is 0 Å². The second-order valence-electron chi connectivity index (χ2n) is 4.52. The van der Waals surface area contributed by atoms with Crippen LogP contribution in [-0.4, -0.2) is 22.4 Å². The first-order chi connectivity index (χ1) is 6.96. The highest BCUT2D eigenvalue weighted by Crippen LogP contribution is 2.18. The molecule has 0 saturated carbocycles. The van der Waals surface area contributed by atoms with Gasteiger partial charge in [-0.2, -0.15) is 0 Å². The molecule has 1 atom stereocenters. The highest BCUT2D eigenvalue weighted by molar-refractivity contribution is 5.09. The van der Waals surface area contributed by atoms with Crippen molar-refractivity contribution in [1.82, 2.24) is 4.57 Å². The summed E-state index contributed by atoms with van der Waals surface area (Å²) in [4.78, 5) is 0. The molecule has 1 N–H and O–H groups in total. The molecule has 1 heterocycles. The van der Waals surface area contributed by atoms with Crippen molar-refractivity contribution in [2.45, 2.75) is 45.4 Å². The number of hydrogen-bond acceptors (Lipinski definition) is 2. The van der Waals surface area contributed by atoms with E-state index in [4.69, 9.17) is 4.74 Å². The summed E-state index contributed by atoms with van der Waals surface area (Å²) in [6, 6.07) is 3.91. The molecule has 0 amide bonds. The Morgan fingerprint density at radius 2 is 2.20 bits per heavy atom. The van der Waals surface area contributed by atoms with Crippen LogP contribution in [0.1, 0.15) is 39.0 Å². The average molecular weight is 211 g/mol. The quantitative estimate of drug-likeness (QED) is 0.811. The first-order valence-corrected chi connectivity index (χ1v) is 5.34. The third kappa shape index (κ3) is 3.36. The van der Waals surface area contributed by atoms with Crippen molar-refractivity contribution in [3.8, 4) is 0 Å². The van der Waals surface area contributed by atoms with Crippen LogP contribution in [0, 0.1) is 0 Å². The molecule has 3 nitrogen and oxygen atoms in total. The normalized spacial score (nSPS) is 14.2. The molecule has 0 aliphatic carbocycles. The summed E-state index contributed by atoms with van der Waals surface area (Å²) in [5.74, 6) is 0. The summed E-state index contributed by atoms with van der Waals surface area (Å²) in [6.07, 6.45) is 2.51. The van der Waals surface area contributed by atoms with E-state index in [1.165, 1.54) is 0 Å². The molecule has 1 aromatic heterocycles. The molecular formula is C12H21NO2. The van der Waals surface area contributed by atoms with Crippen molar-refractivity contribution >= 4 is 0 Å². The molecule has 1 unspecified atom stereocenters. The fourth-order valence-corrected chi connectivity index (χ4v) is 1.50. The molecular weight excluding hydrogens is 190 g/mol. The van der Waals surface area contributed by atoms with Gasteiger partial charge >= 0.3 is 0 Å². The van der Waals surface area contributed by atoms with Crippen LogP contribution in [0.3, 0.4) is 0 Å². The van der Waals surface area contributed by atoms with Crippen molar-refractivity contribution in [3.63, 3.8) is 0 Å². The van der Waals surface area contributed by atoms with Gasteiger partial charge in [0.1, 0.15) is 0 Å². The number of hydrogen-bond donors (Lipinski definition) is 1. The first-order valence-electron chi connectivity index (χ1n) is 5.34. The molecule has 0 aliphatic rings. The van der Waals surface area contributed by atoms with E-state index in [0.717, 1.165) is 18.7 Å². The van der Waals surface area contributed by atoms with Gasteiger partial charge in [-0.1, -0.05) is 0 Å². The highest BCUT2D eigenvalue weighted by atomic mass is 16.5. The van der Waals surface area contributed by atoms with Gasteiger partial charge in [-0.05, 0) is 39.3 Å². The molecule has 1 rings (SSSR count). The maximum absolute atomic E-state index is 9.53. The lowest BCUT2D eigenvalue weighted by Gasteiger charge is -2.23. The lowest BCUT2D eigenvalue weighted by molar-refractivity contribution is 0.0115. The number of aliphatic hydroxyl groups excluding tert-OH is 1. The third-order valence-corrected chi connectivity index (χ3v) is 2.80. The number of nitrogens with zero attached hydrogens (tertiary/aromatic N) is 1. The molecule has 15 heavy (non-hydrogen) atoms. The van der Waals surface area contributed by atoms with Crippen LogP contribution in [0.4, 0.5) is 0 Å². The maximum atomic E-state index is 9.53. The zero-order valence-corrected chi connectivity index (χ0v) is 10.0. The predicted octanol–water partition coefficient (Wildman–Crippen LogP) is 2.36. The van der Waals surface area contributed by atoms with Crippen LogP contribution in [-0.2, 0) is 11.3 Å². The van der Waals surface area contributed by atoms with Gasteiger partial charge in [-0.3, -0.25) is 0 Å². The highest BCUT2D eigenvalue weighted by Gasteiger charge is 2.17. The van der Waals surface area contributed by atoms with Crippen molar-refractivity contribution < 1.29 is 9.84 Å². The zero-order chi connectivity index (χ0) is 11.5. The molecule has 0 aliphatic heterocycles. The molecule has 0 bridgehead atoms. The molecule has 86 valence electrons. The van der Waals surface area contributed by atoms with E-state index in [0.29, 0.717) is 0 Å². The average Bonchev–Trinajstić information content (AvgIpc) is 2.63. The fourth-order valence-electron chi connectivity index (χ4n) is 1.50. The minimum Gasteiger partial charge on any atom is -0.387 e. The van der Waals surface area contributed by atoms with E-state index in [2.05, 4.69) is 18.4 Å². The van der Waals surface area contributed by atoms with E-state index in [-0.39, 0.29) is 5.60 Å². The Balaban J connectivity index is 2.61. The zero-order valence-electron chi connectivity index (χ0n) is 10.0. The third-order valence-electron chi connectivity index (χ3n) is 2.80. The van der Waals surface area contributed by atoms with Gasteiger partial charge in [0.2, 0.25) is 0 Å². The number of aliphatic hydroxyl groups is 1. The standard InChI is InChI=1S/C12H21NO2/c1-10(14)11-6-5-8-13(11)9-7-12(2,3)15-4/h5-6,8,10,14H,7,9H2,1-4H3. The fraction of sp³-hybridized carbons (Fsp3) is 0.667. The van der Waals surface area contributed by atoms with E-state index in [1.54, 1.807) is 14.0 Å². The first kappa shape index (κ1) is 12.3. The SMILES string of the molecule is COC(C)(C)CCn1cccc1C(C)O. The summed E-state index contributed by atoms with van der Waals surface area (Å²) in [6.45, 7) is 6.79. The minimum atomic E-state index is -0.411. The van der Waals surface area contributed by atoms with Gasteiger partial charge in [0.25, 0.3) is 0 Å². The van der Waals surface area contributed by atoms with Gasteiger partial charge < -0.3 is 14.4 Å². The molecule has 0 spiro atoms. The van der Waals surface area contributed by atoms with Crippen LogP contribution in [0.15, 0.2) is 18.3 Å². The molecule has 1 aromatic rings. The second kappa shape index (κ2) is 4.81. The molecule has 0 aromatic carbocycles. The van der Waals surface area contributed by atoms with Crippen LogP contribution < -0.4 is 0 Å². The topological polar surface area (TPSA) is 34.4 Å². The van der Waals surface area contributed by atoms with Gasteiger partial charge in [-0.15, -0.1) is 0 Å². The Labute approximate surface area is 91.7 Å². The van der Waals surface area contributed by atoms with Gasteiger partial charge in [0, 0.05) is 25.5 Å².